The Hall–Kier alpha value is -2.14. The molecule has 5 heteroatoms. The SMILES string of the molecule is CCCC(NC(=O)c1ccc2nc(C)[nH]c2c1)c1cccs1. The molecule has 0 saturated carbocycles. The molecule has 0 aliphatic carbocycles. The monoisotopic (exact) mass is 313 g/mol. The summed E-state index contributed by atoms with van der Waals surface area (Å²) in [5.74, 6) is 0.816. The van der Waals surface area contributed by atoms with Crippen LogP contribution in [0.25, 0.3) is 11.0 Å². The molecule has 2 aromatic heterocycles. The Bertz CT molecular complexity index is 776. The van der Waals surface area contributed by atoms with E-state index in [1.54, 1.807) is 11.3 Å². The molecular formula is C17H19N3OS. The van der Waals surface area contributed by atoms with Gasteiger partial charge in [0, 0.05) is 10.4 Å². The van der Waals surface area contributed by atoms with Crippen molar-refractivity contribution >= 4 is 28.3 Å². The van der Waals surface area contributed by atoms with Gasteiger partial charge in [-0.3, -0.25) is 4.79 Å². The first-order valence-electron chi connectivity index (χ1n) is 7.48. The van der Waals surface area contributed by atoms with Crippen LogP contribution in [0, 0.1) is 6.92 Å². The summed E-state index contributed by atoms with van der Waals surface area (Å²) in [5.41, 5.74) is 2.44. The largest absolute Gasteiger partial charge is 0.344 e. The number of aromatic amines is 1. The Balaban J connectivity index is 1.81. The highest BCUT2D eigenvalue weighted by atomic mass is 32.1. The average molecular weight is 313 g/mol. The number of nitrogens with zero attached hydrogens (tertiary/aromatic N) is 1. The fourth-order valence-electron chi connectivity index (χ4n) is 2.58. The van der Waals surface area contributed by atoms with Crippen molar-refractivity contribution < 1.29 is 4.79 Å². The van der Waals surface area contributed by atoms with Crippen molar-refractivity contribution in [3.8, 4) is 0 Å². The zero-order valence-corrected chi connectivity index (χ0v) is 13.5. The molecule has 4 nitrogen and oxygen atoms in total. The first kappa shape index (κ1) is 14.8. The number of carbonyl (C=O) groups excluding carboxylic acids is 1. The second-order valence-electron chi connectivity index (χ2n) is 5.38. The third-order valence-electron chi connectivity index (χ3n) is 3.63. The molecule has 1 unspecified atom stereocenters. The van der Waals surface area contributed by atoms with E-state index in [0.717, 1.165) is 29.7 Å². The highest BCUT2D eigenvalue weighted by molar-refractivity contribution is 7.10. The lowest BCUT2D eigenvalue weighted by Gasteiger charge is -2.16. The number of imidazole rings is 1. The molecule has 1 aromatic carbocycles. The van der Waals surface area contributed by atoms with Crippen molar-refractivity contribution in [2.24, 2.45) is 0 Å². The molecule has 0 aliphatic heterocycles. The van der Waals surface area contributed by atoms with Crippen molar-refractivity contribution in [3.63, 3.8) is 0 Å². The summed E-state index contributed by atoms with van der Waals surface area (Å²) >= 11 is 1.68. The zero-order chi connectivity index (χ0) is 15.5. The number of carbonyl (C=O) groups is 1. The molecule has 0 spiro atoms. The first-order valence-corrected chi connectivity index (χ1v) is 8.36. The smallest absolute Gasteiger partial charge is 0.251 e. The van der Waals surface area contributed by atoms with E-state index in [4.69, 9.17) is 0 Å². The highest BCUT2D eigenvalue weighted by Gasteiger charge is 2.16. The highest BCUT2D eigenvalue weighted by Crippen LogP contribution is 2.24. The number of aromatic nitrogens is 2. The van der Waals surface area contributed by atoms with Crippen LogP contribution >= 0.6 is 11.3 Å². The van der Waals surface area contributed by atoms with Crippen LogP contribution in [0.3, 0.4) is 0 Å². The van der Waals surface area contributed by atoms with Crippen LogP contribution in [0.4, 0.5) is 0 Å². The molecule has 1 atom stereocenters. The van der Waals surface area contributed by atoms with E-state index in [1.807, 2.05) is 36.6 Å². The number of hydrogen-bond acceptors (Lipinski definition) is 3. The third-order valence-corrected chi connectivity index (χ3v) is 4.62. The normalized spacial score (nSPS) is 12.5. The van der Waals surface area contributed by atoms with E-state index in [-0.39, 0.29) is 11.9 Å². The third kappa shape index (κ3) is 3.04. The van der Waals surface area contributed by atoms with E-state index in [1.165, 1.54) is 4.88 Å². The van der Waals surface area contributed by atoms with Gasteiger partial charge in [-0.05, 0) is 43.0 Å². The minimum atomic E-state index is -0.0407. The molecule has 0 radical (unpaired) electrons. The van der Waals surface area contributed by atoms with Gasteiger partial charge < -0.3 is 10.3 Å². The number of nitrogens with one attached hydrogen (secondary N) is 2. The van der Waals surface area contributed by atoms with Crippen LogP contribution in [0.1, 0.15) is 46.9 Å². The number of benzene rings is 1. The van der Waals surface area contributed by atoms with E-state index in [9.17, 15) is 4.79 Å². The lowest BCUT2D eigenvalue weighted by Crippen LogP contribution is -2.27. The van der Waals surface area contributed by atoms with E-state index >= 15 is 0 Å². The summed E-state index contributed by atoms with van der Waals surface area (Å²) < 4.78 is 0. The molecule has 22 heavy (non-hydrogen) atoms. The maximum Gasteiger partial charge on any atom is 0.251 e. The summed E-state index contributed by atoms with van der Waals surface area (Å²) in [6, 6.07) is 9.75. The summed E-state index contributed by atoms with van der Waals surface area (Å²) in [6.07, 6.45) is 1.97. The van der Waals surface area contributed by atoms with E-state index < -0.39 is 0 Å². The lowest BCUT2D eigenvalue weighted by molar-refractivity contribution is 0.0935. The van der Waals surface area contributed by atoms with Gasteiger partial charge in [-0.2, -0.15) is 0 Å². The van der Waals surface area contributed by atoms with Crippen molar-refractivity contribution in [1.29, 1.82) is 0 Å². The molecule has 1 amide bonds. The Morgan fingerprint density at radius 3 is 3.00 bits per heavy atom. The summed E-state index contributed by atoms with van der Waals surface area (Å²) in [4.78, 5) is 21.3. The molecule has 0 bridgehead atoms. The minimum Gasteiger partial charge on any atom is -0.344 e. The molecule has 2 heterocycles. The van der Waals surface area contributed by atoms with E-state index in [2.05, 4.69) is 28.3 Å². The number of aryl methyl sites for hydroxylation is 1. The number of thiophene rings is 1. The minimum absolute atomic E-state index is 0.0407. The van der Waals surface area contributed by atoms with Crippen molar-refractivity contribution in [3.05, 3.63) is 52.0 Å². The average Bonchev–Trinajstić information content (AvgIpc) is 3.14. The molecule has 0 fully saturated rings. The maximum atomic E-state index is 12.5. The maximum absolute atomic E-state index is 12.5. The Labute approximate surface area is 133 Å². The van der Waals surface area contributed by atoms with Crippen LogP contribution in [-0.4, -0.2) is 15.9 Å². The second kappa shape index (κ2) is 6.32. The van der Waals surface area contributed by atoms with Gasteiger partial charge in [0.1, 0.15) is 5.82 Å². The van der Waals surface area contributed by atoms with Crippen molar-refractivity contribution in [1.82, 2.24) is 15.3 Å². The quantitative estimate of drug-likeness (QED) is 0.741. The number of hydrogen-bond donors (Lipinski definition) is 2. The topological polar surface area (TPSA) is 57.8 Å². The molecule has 0 aliphatic rings. The molecule has 0 saturated heterocycles. The van der Waals surface area contributed by atoms with Crippen molar-refractivity contribution in [2.75, 3.05) is 0 Å². The molecule has 114 valence electrons. The van der Waals surface area contributed by atoms with Crippen LogP contribution in [0.2, 0.25) is 0 Å². The molecule has 3 aromatic rings. The summed E-state index contributed by atoms with van der Waals surface area (Å²) in [7, 11) is 0. The Morgan fingerprint density at radius 2 is 2.27 bits per heavy atom. The fourth-order valence-corrected chi connectivity index (χ4v) is 3.40. The predicted molar refractivity (Wildman–Crippen MR) is 90.3 cm³/mol. The number of amides is 1. The van der Waals surface area contributed by atoms with Gasteiger partial charge in [0.25, 0.3) is 5.91 Å². The van der Waals surface area contributed by atoms with E-state index in [0.29, 0.717) is 5.56 Å². The summed E-state index contributed by atoms with van der Waals surface area (Å²) in [5, 5.41) is 5.19. The van der Waals surface area contributed by atoms with Gasteiger partial charge in [0.2, 0.25) is 0 Å². The standard InChI is InChI=1S/C17H19N3OS/c1-3-5-14(16-6-4-9-22-16)20-17(21)12-7-8-13-15(10-12)19-11(2)18-13/h4,6-10,14H,3,5H2,1-2H3,(H,18,19)(H,20,21). The fraction of sp³-hybridized carbons (Fsp3) is 0.294. The van der Waals surface area contributed by atoms with Crippen LogP contribution in [0.15, 0.2) is 35.7 Å². The molecular weight excluding hydrogens is 294 g/mol. The van der Waals surface area contributed by atoms with Crippen LogP contribution in [-0.2, 0) is 0 Å². The number of rotatable bonds is 5. The van der Waals surface area contributed by atoms with Gasteiger partial charge in [-0.1, -0.05) is 19.4 Å². The lowest BCUT2D eigenvalue weighted by atomic mass is 10.1. The Kier molecular flexibility index (Phi) is 4.24. The van der Waals surface area contributed by atoms with Gasteiger partial charge in [-0.25, -0.2) is 4.98 Å². The van der Waals surface area contributed by atoms with Gasteiger partial charge in [0.15, 0.2) is 0 Å². The van der Waals surface area contributed by atoms with Crippen LogP contribution < -0.4 is 5.32 Å². The van der Waals surface area contributed by atoms with Gasteiger partial charge in [-0.15, -0.1) is 11.3 Å². The van der Waals surface area contributed by atoms with Gasteiger partial charge >= 0.3 is 0 Å². The zero-order valence-electron chi connectivity index (χ0n) is 12.7. The number of fused-ring (bicyclic) bond motifs is 1. The second-order valence-corrected chi connectivity index (χ2v) is 6.36. The summed E-state index contributed by atoms with van der Waals surface area (Å²) in [6.45, 7) is 4.04. The molecule has 2 N–H and O–H groups in total. The predicted octanol–water partition coefficient (Wildman–Crippen LogP) is 4.20. The first-order chi connectivity index (χ1) is 10.7. The van der Waals surface area contributed by atoms with Crippen molar-refractivity contribution in [2.45, 2.75) is 32.7 Å². The molecule has 3 rings (SSSR count). The number of H-pyrrole nitrogens is 1. The van der Waals surface area contributed by atoms with Gasteiger partial charge in [0.05, 0.1) is 17.1 Å². The van der Waals surface area contributed by atoms with Crippen LogP contribution in [0.5, 0.6) is 0 Å². The Morgan fingerprint density at radius 1 is 1.41 bits per heavy atom.